The first kappa shape index (κ1) is 19.1. The lowest BCUT2D eigenvalue weighted by Crippen LogP contribution is -2.35. The number of nitrogens with one attached hydrogen (secondary N) is 2. The predicted molar refractivity (Wildman–Crippen MR) is 92.5 cm³/mol. The molecule has 3 rings (SSSR count). The summed E-state index contributed by atoms with van der Waals surface area (Å²) in [5.74, 6) is -1.31. The number of halogens is 1. The molecule has 11 heteroatoms. The maximum atomic E-state index is 12.9. The minimum Gasteiger partial charge on any atom is -0.496 e. The van der Waals surface area contributed by atoms with Crippen molar-refractivity contribution in [3.63, 3.8) is 0 Å². The highest BCUT2D eigenvalue weighted by atomic mass is 32.2. The second-order valence-corrected chi connectivity index (χ2v) is 7.44. The Balaban J connectivity index is 1.86. The molecule has 9 nitrogen and oxygen atoms in total. The SMILES string of the molecule is COc1ccc(S(=O)(=O)NC2CCOC2)cc1C(=O)Nc1ncc(F)cn1. The maximum Gasteiger partial charge on any atom is 0.261 e. The Bertz CT molecular complexity index is 930. The van der Waals surface area contributed by atoms with Crippen molar-refractivity contribution in [2.24, 2.45) is 0 Å². The van der Waals surface area contributed by atoms with E-state index in [1.807, 2.05) is 0 Å². The van der Waals surface area contributed by atoms with Gasteiger partial charge in [-0.1, -0.05) is 0 Å². The number of anilines is 1. The van der Waals surface area contributed by atoms with E-state index in [1.54, 1.807) is 0 Å². The first-order valence-corrected chi connectivity index (χ1v) is 9.44. The lowest BCUT2D eigenvalue weighted by Gasteiger charge is -2.14. The number of carbonyl (C=O) groups excluding carboxylic acids is 1. The van der Waals surface area contributed by atoms with Crippen molar-refractivity contribution in [3.05, 3.63) is 42.0 Å². The fraction of sp³-hybridized carbons (Fsp3) is 0.312. The molecule has 0 aliphatic carbocycles. The summed E-state index contributed by atoms with van der Waals surface area (Å²) in [5, 5.41) is 2.37. The smallest absolute Gasteiger partial charge is 0.261 e. The third-order valence-corrected chi connectivity index (χ3v) is 5.34. The van der Waals surface area contributed by atoms with Gasteiger partial charge in [-0.05, 0) is 24.6 Å². The van der Waals surface area contributed by atoms with Gasteiger partial charge in [0.25, 0.3) is 5.91 Å². The minimum atomic E-state index is -3.85. The monoisotopic (exact) mass is 396 g/mol. The summed E-state index contributed by atoms with van der Waals surface area (Å²) in [6, 6.07) is 3.58. The Labute approximate surface area is 155 Å². The van der Waals surface area contributed by atoms with Crippen molar-refractivity contribution in [1.82, 2.24) is 14.7 Å². The molecular weight excluding hydrogens is 379 g/mol. The molecular formula is C16H17FN4O5S. The van der Waals surface area contributed by atoms with Gasteiger partial charge in [-0.2, -0.15) is 0 Å². The summed E-state index contributed by atoms with van der Waals surface area (Å²) in [5.41, 5.74) is -0.0315. The van der Waals surface area contributed by atoms with Crippen molar-refractivity contribution in [3.8, 4) is 5.75 Å². The molecule has 1 fully saturated rings. The molecule has 1 unspecified atom stereocenters. The maximum absolute atomic E-state index is 12.9. The number of rotatable bonds is 6. The third kappa shape index (κ3) is 4.56. The molecule has 2 N–H and O–H groups in total. The number of nitrogens with zero attached hydrogens (tertiary/aromatic N) is 2. The van der Waals surface area contributed by atoms with E-state index in [4.69, 9.17) is 9.47 Å². The standard InChI is InChI=1S/C16H17FN4O5S/c1-25-14-3-2-12(27(23,24)21-11-4-5-26-9-11)6-13(14)15(22)20-16-18-7-10(17)8-19-16/h2-3,6-8,11,21H,4-5,9H2,1H3,(H,18,19,20,22). The van der Waals surface area contributed by atoms with Crippen molar-refractivity contribution in [2.45, 2.75) is 17.4 Å². The fourth-order valence-corrected chi connectivity index (χ4v) is 3.77. The van der Waals surface area contributed by atoms with E-state index in [2.05, 4.69) is 20.0 Å². The molecule has 144 valence electrons. The molecule has 0 bridgehead atoms. The number of amides is 1. The Morgan fingerprint density at radius 2 is 2.07 bits per heavy atom. The number of carbonyl (C=O) groups is 1. The van der Waals surface area contributed by atoms with Crippen LogP contribution in [0, 0.1) is 5.82 Å². The largest absolute Gasteiger partial charge is 0.496 e. The molecule has 1 aromatic heterocycles. The number of benzene rings is 1. The van der Waals surface area contributed by atoms with Gasteiger partial charge >= 0.3 is 0 Å². The zero-order chi connectivity index (χ0) is 19.4. The lowest BCUT2D eigenvalue weighted by molar-refractivity contribution is 0.102. The van der Waals surface area contributed by atoms with E-state index in [0.29, 0.717) is 19.6 Å². The summed E-state index contributed by atoms with van der Waals surface area (Å²) in [4.78, 5) is 19.7. The van der Waals surface area contributed by atoms with E-state index < -0.39 is 21.7 Å². The van der Waals surface area contributed by atoms with Crippen LogP contribution in [-0.4, -0.2) is 50.7 Å². The van der Waals surface area contributed by atoms with Crippen molar-refractivity contribution in [1.29, 1.82) is 0 Å². The Hall–Kier alpha value is -2.63. The average molecular weight is 396 g/mol. The average Bonchev–Trinajstić information content (AvgIpc) is 3.15. The molecule has 2 aromatic rings. The molecule has 1 aromatic carbocycles. The van der Waals surface area contributed by atoms with Crippen molar-refractivity contribution in [2.75, 3.05) is 25.6 Å². The first-order chi connectivity index (χ1) is 12.9. The molecule has 27 heavy (non-hydrogen) atoms. The lowest BCUT2D eigenvalue weighted by atomic mass is 10.2. The van der Waals surface area contributed by atoms with Gasteiger partial charge in [-0.3, -0.25) is 10.1 Å². The van der Waals surface area contributed by atoms with Crippen LogP contribution in [0.2, 0.25) is 0 Å². The molecule has 0 radical (unpaired) electrons. The number of aromatic nitrogens is 2. The molecule has 0 saturated carbocycles. The summed E-state index contributed by atoms with van der Waals surface area (Å²) in [6.07, 6.45) is 2.37. The molecule has 1 aliphatic heterocycles. The van der Waals surface area contributed by atoms with Crippen LogP contribution >= 0.6 is 0 Å². The van der Waals surface area contributed by atoms with Gasteiger partial charge in [0.15, 0.2) is 5.82 Å². The molecule has 1 aliphatic rings. The summed E-state index contributed by atoms with van der Waals surface area (Å²) in [7, 11) is -2.50. The molecule has 1 amide bonds. The van der Waals surface area contributed by atoms with Gasteiger partial charge in [-0.25, -0.2) is 27.5 Å². The highest BCUT2D eigenvalue weighted by Gasteiger charge is 2.25. The quantitative estimate of drug-likeness (QED) is 0.746. The molecule has 1 atom stereocenters. The topological polar surface area (TPSA) is 120 Å². The van der Waals surface area contributed by atoms with Crippen LogP contribution in [0.5, 0.6) is 5.75 Å². The third-order valence-electron chi connectivity index (χ3n) is 3.82. The van der Waals surface area contributed by atoms with E-state index in [0.717, 1.165) is 12.4 Å². The number of sulfonamides is 1. The summed E-state index contributed by atoms with van der Waals surface area (Å²) >= 11 is 0. The van der Waals surface area contributed by atoms with Crippen LogP contribution in [0.25, 0.3) is 0 Å². The van der Waals surface area contributed by atoms with Crippen LogP contribution in [0.1, 0.15) is 16.8 Å². The van der Waals surface area contributed by atoms with Crippen LogP contribution in [0.3, 0.4) is 0 Å². The van der Waals surface area contributed by atoms with Gasteiger partial charge in [0.1, 0.15) is 5.75 Å². The Kier molecular flexibility index (Phi) is 5.63. The highest BCUT2D eigenvalue weighted by molar-refractivity contribution is 7.89. The van der Waals surface area contributed by atoms with Gasteiger partial charge < -0.3 is 9.47 Å². The van der Waals surface area contributed by atoms with Crippen LogP contribution in [0.4, 0.5) is 10.3 Å². The number of hydrogen-bond acceptors (Lipinski definition) is 7. The van der Waals surface area contributed by atoms with Crippen molar-refractivity contribution < 1.29 is 27.1 Å². The van der Waals surface area contributed by atoms with Crippen LogP contribution in [-0.2, 0) is 14.8 Å². The van der Waals surface area contributed by atoms with E-state index >= 15 is 0 Å². The number of ether oxygens (including phenoxy) is 2. The first-order valence-electron chi connectivity index (χ1n) is 7.96. The fourth-order valence-electron chi connectivity index (χ4n) is 2.49. The Morgan fingerprint density at radius 3 is 2.70 bits per heavy atom. The Morgan fingerprint density at radius 1 is 1.33 bits per heavy atom. The summed E-state index contributed by atoms with van der Waals surface area (Å²) in [6.45, 7) is 0.783. The molecule has 0 spiro atoms. The van der Waals surface area contributed by atoms with Gasteiger partial charge in [0.05, 0.1) is 36.6 Å². The van der Waals surface area contributed by atoms with E-state index in [-0.39, 0.29) is 28.2 Å². The van der Waals surface area contributed by atoms with E-state index in [1.165, 1.54) is 25.3 Å². The zero-order valence-corrected chi connectivity index (χ0v) is 15.1. The second-order valence-electron chi connectivity index (χ2n) is 5.72. The molecule has 1 saturated heterocycles. The molecule has 2 heterocycles. The van der Waals surface area contributed by atoms with Crippen LogP contribution < -0.4 is 14.8 Å². The highest BCUT2D eigenvalue weighted by Crippen LogP contribution is 2.24. The number of hydrogen-bond donors (Lipinski definition) is 2. The minimum absolute atomic E-state index is 0.0315. The zero-order valence-electron chi connectivity index (χ0n) is 14.3. The van der Waals surface area contributed by atoms with Crippen molar-refractivity contribution >= 4 is 21.9 Å². The van der Waals surface area contributed by atoms with Gasteiger partial charge in [0, 0.05) is 12.6 Å². The predicted octanol–water partition coefficient (Wildman–Crippen LogP) is 0.944. The number of methoxy groups -OCH3 is 1. The van der Waals surface area contributed by atoms with Crippen LogP contribution in [0.15, 0.2) is 35.5 Å². The van der Waals surface area contributed by atoms with Gasteiger partial charge in [0.2, 0.25) is 16.0 Å². The van der Waals surface area contributed by atoms with Gasteiger partial charge in [-0.15, -0.1) is 0 Å². The van der Waals surface area contributed by atoms with E-state index in [9.17, 15) is 17.6 Å². The second kappa shape index (κ2) is 7.94. The normalized spacial score (nSPS) is 16.9. The summed E-state index contributed by atoms with van der Waals surface area (Å²) < 4.78 is 50.8.